The Hall–Kier alpha value is -0.500. The summed E-state index contributed by atoms with van der Waals surface area (Å²) in [5, 5.41) is 12.0. The van der Waals surface area contributed by atoms with Gasteiger partial charge in [0.2, 0.25) is 0 Å². The fraction of sp³-hybridized carbons (Fsp3) is 0.917. The lowest BCUT2D eigenvalue weighted by Crippen LogP contribution is -2.62. The number of aliphatic hydroxyl groups is 1. The van der Waals surface area contributed by atoms with E-state index in [-0.39, 0.29) is 16.6 Å². The van der Waals surface area contributed by atoms with Gasteiger partial charge < -0.3 is 28.8 Å². The third-order valence-electron chi connectivity index (χ3n) is 10.4. The highest BCUT2D eigenvalue weighted by molar-refractivity contribution is 5.43. The predicted octanol–water partition coefficient (Wildman–Crippen LogP) is 3.07. The second-order valence-electron chi connectivity index (χ2n) is 11.3. The molecule has 4 aliphatic carbocycles. The average Bonchev–Trinajstić information content (AvgIpc) is 3.04. The highest BCUT2D eigenvalue weighted by atomic mass is 16.8. The zero-order valence-corrected chi connectivity index (χ0v) is 18.2. The quantitative estimate of drug-likeness (QED) is 0.521. The highest BCUT2D eigenvalue weighted by Crippen LogP contribution is 2.74. The summed E-state index contributed by atoms with van der Waals surface area (Å²) in [7, 11) is 0. The number of ether oxygens (including phenoxy) is 5. The van der Waals surface area contributed by atoms with Gasteiger partial charge in [0.05, 0.1) is 26.4 Å². The summed E-state index contributed by atoms with van der Waals surface area (Å²) in [6.45, 7) is 6.76. The fourth-order valence-electron chi connectivity index (χ4n) is 8.85. The van der Waals surface area contributed by atoms with E-state index in [2.05, 4.69) is 13.0 Å². The highest BCUT2D eigenvalue weighted by Gasteiger charge is 2.80. The molecule has 30 heavy (non-hydrogen) atoms. The maximum absolute atomic E-state index is 12.0. The lowest BCUT2D eigenvalue weighted by molar-refractivity contribution is -0.293. The fourth-order valence-corrected chi connectivity index (χ4v) is 8.85. The number of fused-ring (bicyclic) bond motifs is 3. The van der Waals surface area contributed by atoms with Gasteiger partial charge in [-0.05, 0) is 62.9 Å². The Morgan fingerprint density at radius 1 is 0.900 bits per heavy atom. The lowest BCUT2D eigenvalue weighted by atomic mass is 9.52. The minimum absolute atomic E-state index is 0.0930. The molecule has 6 atom stereocenters. The van der Waals surface area contributed by atoms with E-state index in [4.69, 9.17) is 23.7 Å². The summed E-state index contributed by atoms with van der Waals surface area (Å²) in [4.78, 5) is 0. The first kappa shape index (κ1) is 19.0. The van der Waals surface area contributed by atoms with Gasteiger partial charge in [-0.1, -0.05) is 13.0 Å². The van der Waals surface area contributed by atoms with Crippen LogP contribution >= 0.6 is 0 Å². The number of hydrogen-bond donors (Lipinski definition) is 1. The third-order valence-corrected chi connectivity index (χ3v) is 10.4. The molecule has 3 saturated heterocycles. The normalized spacial score (nSPS) is 54.8. The molecular formula is C24H34O6. The Balaban J connectivity index is 1.23. The van der Waals surface area contributed by atoms with Gasteiger partial charge in [0, 0.05) is 18.3 Å². The molecule has 1 spiro atoms. The molecule has 0 aromatic rings. The maximum Gasteiger partial charge on any atom is 0.195 e. The Labute approximate surface area is 178 Å². The molecule has 0 radical (unpaired) electrons. The zero-order valence-electron chi connectivity index (χ0n) is 18.2. The Bertz CT molecular complexity index is 813. The SMILES string of the molecule is CC1([C@@]2(O)CC[C@H]3[C@@H]4CC[C@]56CC7(CC[C@]5(O6)C4=CC[C@@]32C)OCCO7)OCCO1. The molecule has 0 bridgehead atoms. The van der Waals surface area contributed by atoms with Crippen LogP contribution in [0, 0.1) is 17.3 Å². The summed E-state index contributed by atoms with van der Waals surface area (Å²) in [5.41, 5.74) is 0.126. The topological polar surface area (TPSA) is 69.7 Å². The van der Waals surface area contributed by atoms with Crippen molar-refractivity contribution in [3.05, 3.63) is 11.6 Å². The third kappa shape index (κ3) is 1.95. The second-order valence-corrected chi connectivity index (χ2v) is 11.3. The first-order valence-electron chi connectivity index (χ1n) is 12.0. The molecular weight excluding hydrogens is 384 g/mol. The standard InChI is InChI=1S/C24H34O6/c1-19-6-4-18-16(17(19)5-8-24(19,25)20(2)26-11-12-27-20)3-7-21-15-22(28-13-14-29-22)9-10-23(18,21)30-21/h4,16-17,25H,3,5-15H2,1-2H3/t16-,17-,19-,21-,23-,24+/m0/s1. The zero-order chi connectivity index (χ0) is 20.5. The summed E-state index contributed by atoms with van der Waals surface area (Å²) >= 11 is 0. The molecule has 6 heteroatoms. The molecule has 6 fully saturated rings. The molecule has 3 aliphatic heterocycles. The number of rotatable bonds is 1. The van der Waals surface area contributed by atoms with E-state index < -0.39 is 17.2 Å². The Morgan fingerprint density at radius 3 is 2.40 bits per heavy atom. The van der Waals surface area contributed by atoms with E-state index in [0.717, 1.165) is 51.4 Å². The van der Waals surface area contributed by atoms with Crippen LogP contribution in [0.5, 0.6) is 0 Å². The van der Waals surface area contributed by atoms with Crippen LogP contribution in [0.15, 0.2) is 11.6 Å². The van der Waals surface area contributed by atoms with Gasteiger partial charge >= 0.3 is 0 Å². The molecule has 1 N–H and O–H groups in total. The molecule has 166 valence electrons. The van der Waals surface area contributed by atoms with Gasteiger partial charge in [-0.15, -0.1) is 0 Å². The van der Waals surface area contributed by atoms with E-state index in [1.54, 1.807) is 0 Å². The van der Waals surface area contributed by atoms with Crippen molar-refractivity contribution >= 4 is 0 Å². The first-order chi connectivity index (χ1) is 14.3. The van der Waals surface area contributed by atoms with E-state index in [1.807, 2.05) is 6.92 Å². The lowest BCUT2D eigenvalue weighted by Gasteiger charge is -2.55. The molecule has 7 aliphatic rings. The molecule has 7 rings (SSSR count). The minimum Gasteiger partial charge on any atom is -0.384 e. The molecule has 3 saturated carbocycles. The van der Waals surface area contributed by atoms with Crippen molar-refractivity contribution in [3.8, 4) is 0 Å². The van der Waals surface area contributed by atoms with Crippen molar-refractivity contribution in [2.75, 3.05) is 26.4 Å². The van der Waals surface area contributed by atoms with E-state index in [9.17, 15) is 5.11 Å². The number of epoxide rings is 1. The van der Waals surface area contributed by atoms with Gasteiger partial charge in [-0.25, -0.2) is 0 Å². The van der Waals surface area contributed by atoms with Gasteiger partial charge in [0.1, 0.15) is 16.8 Å². The van der Waals surface area contributed by atoms with Crippen molar-refractivity contribution < 1.29 is 28.8 Å². The van der Waals surface area contributed by atoms with Gasteiger partial charge in [0.25, 0.3) is 0 Å². The van der Waals surface area contributed by atoms with Crippen molar-refractivity contribution in [1.29, 1.82) is 0 Å². The van der Waals surface area contributed by atoms with Crippen molar-refractivity contribution in [2.45, 2.75) is 93.6 Å². The van der Waals surface area contributed by atoms with E-state index in [0.29, 0.717) is 38.3 Å². The van der Waals surface area contributed by atoms with E-state index in [1.165, 1.54) is 5.57 Å². The van der Waals surface area contributed by atoms with Crippen LogP contribution in [0.2, 0.25) is 0 Å². The van der Waals surface area contributed by atoms with Crippen molar-refractivity contribution in [3.63, 3.8) is 0 Å². The van der Waals surface area contributed by atoms with Crippen LogP contribution in [0.25, 0.3) is 0 Å². The number of allylic oxidation sites excluding steroid dienone is 1. The summed E-state index contributed by atoms with van der Waals surface area (Å²) in [6, 6.07) is 0. The van der Waals surface area contributed by atoms with Crippen LogP contribution in [0.3, 0.4) is 0 Å². The molecule has 0 amide bonds. The maximum atomic E-state index is 12.0. The van der Waals surface area contributed by atoms with Crippen molar-refractivity contribution in [1.82, 2.24) is 0 Å². The minimum atomic E-state index is -0.956. The van der Waals surface area contributed by atoms with Crippen LogP contribution < -0.4 is 0 Å². The van der Waals surface area contributed by atoms with Gasteiger partial charge in [0.15, 0.2) is 11.6 Å². The molecule has 0 aromatic heterocycles. The van der Waals surface area contributed by atoms with Gasteiger partial charge in [-0.3, -0.25) is 0 Å². The Kier molecular flexibility index (Phi) is 3.50. The van der Waals surface area contributed by atoms with E-state index >= 15 is 0 Å². The molecule has 6 nitrogen and oxygen atoms in total. The van der Waals surface area contributed by atoms with Crippen LogP contribution in [0.1, 0.15) is 65.2 Å². The summed E-state index contributed by atoms with van der Waals surface area (Å²) in [6.07, 6.45) is 10.0. The second kappa shape index (κ2) is 5.52. The average molecular weight is 419 g/mol. The molecule has 0 unspecified atom stereocenters. The predicted molar refractivity (Wildman–Crippen MR) is 107 cm³/mol. The largest absolute Gasteiger partial charge is 0.384 e. The molecule has 0 aromatic carbocycles. The van der Waals surface area contributed by atoms with Crippen LogP contribution in [-0.4, -0.2) is 59.9 Å². The first-order valence-corrected chi connectivity index (χ1v) is 12.0. The smallest absolute Gasteiger partial charge is 0.195 e. The Morgan fingerprint density at radius 2 is 1.63 bits per heavy atom. The van der Waals surface area contributed by atoms with Crippen LogP contribution in [-0.2, 0) is 23.7 Å². The monoisotopic (exact) mass is 418 g/mol. The molecule has 3 heterocycles. The van der Waals surface area contributed by atoms with Crippen molar-refractivity contribution in [2.24, 2.45) is 17.3 Å². The van der Waals surface area contributed by atoms with Crippen LogP contribution in [0.4, 0.5) is 0 Å². The van der Waals surface area contributed by atoms with Gasteiger partial charge in [-0.2, -0.15) is 0 Å². The number of hydrogen-bond acceptors (Lipinski definition) is 6. The summed E-state index contributed by atoms with van der Waals surface area (Å²) < 4.78 is 30.8. The summed E-state index contributed by atoms with van der Waals surface area (Å²) in [5.74, 6) is -0.379.